The van der Waals surface area contributed by atoms with E-state index in [0.29, 0.717) is 28.8 Å². The first-order valence-corrected chi connectivity index (χ1v) is 5.27. The normalized spacial score (nSPS) is 20.9. The van der Waals surface area contributed by atoms with Crippen LogP contribution in [0.1, 0.15) is 24.5 Å². The zero-order valence-electron chi connectivity index (χ0n) is 7.46. The van der Waals surface area contributed by atoms with Crippen LogP contribution in [0.15, 0.2) is 16.6 Å². The van der Waals surface area contributed by atoms with Crippen molar-refractivity contribution in [1.29, 1.82) is 0 Å². The Hall–Kier alpha value is -0.610. The molecule has 1 heterocycles. The zero-order chi connectivity index (χ0) is 10.1. The molecule has 0 aromatic heterocycles. The van der Waals surface area contributed by atoms with Gasteiger partial charge in [-0.1, -0.05) is 0 Å². The van der Waals surface area contributed by atoms with E-state index in [1.54, 1.807) is 6.07 Å². The van der Waals surface area contributed by atoms with E-state index in [1.165, 1.54) is 6.07 Å². The van der Waals surface area contributed by atoms with Crippen molar-refractivity contribution in [3.63, 3.8) is 0 Å². The molecule has 0 saturated carbocycles. The highest BCUT2D eigenvalue weighted by Crippen LogP contribution is 2.34. The molecular formula is C10H10BrFO2. The summed E-state index contributed by atoms with van der Waals surface area (Å²) in [4.78, 5) is 0. The van der Waals surface area contributed by atoms with Crippen LogP contribution < -0.4 is 4.74 Å². The van der Waals surface area contributed by atoms with E-state index < -0.39 is 6.10 Å². The van der Waals surface area contributed by atoms with E-state index in [9.17, 15) is 9.50 Å². The maximum atomic E-state index is 13.2. The molecule has 0 radical (unpaired) electrons. The fraction of sp³-hybridized carbons (Fsp3) is 0.400. The van der Waals surface area contributed by atoms with Gasteiger partial charge in [0.15, 0.2) is 0 Å². The molecule has 2 nitrogen and oxygen atoms in total. The molecule has 0 fully saturated rings. The maximum absolute atomic E-state index is 13.2. The number of halogens is 2. The third kappa shape index (κ3) is 1.77. The summed E-state index contributed by atoms with van der Waals surface area (Å²) in [5.41, 5.74) is 0.663. The highest BCUT2D eigenvalue weighted by atomic mass is 79.9. The average Bonchev–Trinajstić information content (AvgIpc) is 2.31. The van der Waals surface area contributed by atoms with Crippen molar-refractivity contribution in [2.75, 3.05) is 6.61 Å². The zero-order valence-corrected chi connectivity index (χ0v) is 9.05. The van der Waals surface area contributed by atoms with E-state index >= 15 is 0 Å². The highest BCUT2D eigenvalue weighted by Gasteiger charge is 2.19. The van der Waals surface area contributed by atoms with Gasteiger partial charge in [0.05, 0.1) is 17.2 Å². The summed E-state index contributed by atoms with van der Waals surface area (Å²) < 4.78 is 18.9. The summed E-state index contributed by atoms with van der Waals surface area (Å²) in [6.45, 7) is 0.533. The van der Waals surface area contributed by atoms with E-state index in [2.05, 4.69) is 15.9 Å². The first-order chi connectivity index (χ1) is 6.68. The van der Waals surface area contributed by atoms with Gasteiger partial charge < -0.3 is 9.84 Å². The summed E-state index contributed by atoms with van der Waals surface area (Å²) in [5, 5.41) is 9.73. The second kappa shape index (κ2) is 3.87. The molecule has 0 saturated heterocycles. The number of hydrogen-bond donors (Lipinski definition) is 1. The largest absolute Gasteiger partial charge is 0.493 e. The first-order valence-electron chi connectivity index (χ1n) is 4.48. The van der Waals surface area contributed by atoms with Crippen LogP contribution in [-0.4, -0.2) is 11.7 Å². The van der Waals surface area contributed by atoms with Gasteiger partial charge in [0.2, 0.25) is 0 Å². The molecule has 0 unspecified atom stereocenters. The number of ether oxygens (including phenoxy) is 1. The van der Waals surface area contributed by atoms with Crippen LogP contribution in [0.4, 0.5) is 4.39 Å². The summed E-state index contributed by atoms with van der Waals surface area (Å²) in [5.74, 6) is 0.0913. The van der Waals surface area contributed by atoms with Gasteiger partial charge in [0.25, 0.3) is 0 Å². The van der Waals surface area contributed by atoms with Gasteiger partial charge in [-0.25, -0.2) is 4.39 Å². The van der Waals surface area contributed by atoms with Crippen molar-refractivity contribution in [2.24, 2.45) is 0 Å². The molecule has 2 rings (SSSR count). The van der Waals surface area contributed by atoms with Crippen molar-refractivity contribution >= 4 is 15.9 Å². The number of benzene rings is 1. The third-order valence-electron chi connectivity index (χ3n) is 2.29. The third-order valence-corrected chi connectivity index (χ3v) is 2.90. The van der Waals surface area contributed by atoms with Crippen LogP contribution in [0.2, 0.25) is 0 Å². The predicted octanol–water partition coefficient (Wildman–Crippen LogP) is 2.79. The van der Waals surface area contributed by atoms with Gasteiger partial charge in [-0.3, -0.25) is 0 Å². The number of aliphatic hydroxyl groups excluding tert-OH is 1. The Kier molecular flexibility index (Phi) is 2.74. The monoisotopic (exact) mass is 260 g/mol. The number of hydrogen-bond acceptors (Lipinski definition) is 2. The van der Waals surface area contributed by atoms with Crippen LogP contribution in [-0.2, 0) is 0 Å². The van der Waals surface area contributed by atoms with Crippen LogP contribution in [0.5, 0.6) is 5.75 Å². The van der Waals surface area contributed by atoms with Crippen molar-refractivity contribution in [3.8, 4) is 5.75 Å². The lowest BCUT2D eigenvalue weighted by molar-refractivity contribution is 0.167. The molecule has 76 valence electrons. The Morgan fingerprint density at radius 1 is 1.50 bits per heavy atom. The minimum atomic E-state index is -0.551. The lowest BCUT2D eigenvalue weighted by Crippen LogP contribution is -1.97. The van der Waals surface area contributed by atoms with Crippen molar-refractivity contribution < 1.29 is 14.2 Å². The van der Waals surface area contributed by atoms with E-state index in [1.807, 2.05) is 0 Å². The van der Waals surface area contributed by atoms with Gasteiger partial charge in [-0.15, -0.1) is 0 Å². The van der Waals surface area contributed by atoms with E-state index in [-0.39, 0.29) is 5.82 Å². The molecular weight excluding hydrogens is 251 g/mol. The van der Waals surface area contributed by atoms with Gasteiger partial charge in [0, 0.05) is 11.6 Å². The molecule has 1 aromatic rings. The van der Waals surface area contributed by atoms with Crippen LogP contribution in [0.3, 0.4) is 0 Å². The molecule has 0 spiro atoms. The fourth-order valence-corrected chi connectivity index (χ4v) is 1.90. The van der Waals surface area contributed by atoms with Crippen molar-refractivity contribution in [3.05, 3.63) is 28.0 Å². The first kappa shape index (κ1) is 9.93. The Labute approximate surface area is 89.8 Å². The molecule has 1 N–H and O–H groups in total. The molecule has 0 bridgehead atoms. The molecule has 0 aliphatic carbocycles. The number of rotatable bonds is 0. The molecule has 1 atom stereocenters. The minimum Gasteiger partial charge on any atom is -0.493 e. The van der Waals surface area contributed by atoms with Crippen LogP contribution in [0, 0.1) is 5.82 Å². The molecule has 0 amide bonds. The summed E-state index contributed by atoms with van der Waals surface area (Å²) in [6.07, 6.45) is 0.893. The summed E-state index contributed by atoms with van der Waals surface area (Å²) >= 11 is 3.09. The Morgan fingerprint density at radius 2 is 2.29 bits per heavy atom. The van der Waals surface area contributed by atoms with Crippen LogP contribution >= 0.6 is 15.9 Å². The second-order valence-corrected chi connectivity index (χ2v) is 4.16. The van der Waals surface area contributed by atoms with Gasteiger partial charge in [-0.2, -0.15) is 0 Å². The second-order valence-electron chi connectivity index (χ2n) is 3.31. The van der Waals surface area contributed by atoms with Gasteiger partial charge in [0.1, 0.15) is 11.6 Å². The van der Waals surface area contributed by atoms with Gasteiger partial charge in [-0.05, 0) is 34.8 Å². The topological polar surface area (TPSA) is 29.5 Å². The summed E-state index contributed by atoms with van der Waals surface area (Å²) in [6, 6.07) is 2.90. The number of aliphatic hydroxyl groups is 1. The van der Waals surface area contributed by atoms with Crippen molar-refractivity contribution in [1.82, 2.24) is 0 Å². The highest BCUT2D eigenvalue weighted by molar-refractivity contribution is 9.10. The fourth-order valence-electron chi connectivity index (χ4n) is 1.54. The smallest absolute Gasteiger partial charge is 0.141 e. The van der Waals surface area contributed by atoms with Gasteiger partial charge >= 0.3 is 0 Å². The molecule has 1 aromatic carbocycles. The van der Waals surface area contributed by atoms with E-state index in [4.69, 9.17) is 4.74 Å². The molecule has 14 heavy (non-hydrogen) atoms. The molecule has 1 aliphatic heterocycles. The minimum absolute atomic E-state index is 0.362. The Morgan fingerprint density at radius 3 is 3.07 bits per heavy atom. The SMILES string of the molecule is O[C@H]1CCCOc2cc(F)c(Br)cc21. The lowest BCUT2D eigenvalue weighted by atomic mass is 10.1. The quantitative estimate of drug-likeness (QED) is 0.778. The van der Waals surface area contributed by atoms with Crippen LogP contribution in [0.25, 0.3) is 0 Å². The Balaban J connectivity index is 2.49. The standard InChI is InChI=1S/C10H10BrFO2/c11-7-4-6-9(13)2-1-3-14-10(6)5-8(7)12/h4-5,9,13H,1-3H2/t9-/m0/s1. The lowest BCUT2D eigenvalue weighted by Gasteiger charge is -2.11. The molecule has 1 aliphatic rings. The van der Waals surface area contributed by atoms with E-state index in [0.717, 1.165) is 6.42 Å². The van der Waals surface area contributed by atoms with Crippen molar-refractivity contribution in [2.45, 2.75) is 18.9 Å². The maximum Gasteiger partial charge on any atom is 0.141 e. The molecule has 4 heteroatoms. The average molecular weight is 261 g/mol. The predicted molar refractivity (Wildman–Crippen MR) is 53.8 cm³/mol. The Bertz CT molecular complexity index is 354. The number of fused-ring (bicyclic) bond motifs is 1. The summed E-state index contributed by atoms with van der Waals surface area (Å²) in [7, 11) is 0.